The van der Waals surface area contributed by atoms with Gasteiger partial charge in [0.05, 0.1) is 0 Å². The summed E-state index contributed by atoms with van der Waals surface area (Å²) in [6.07, 6.45) is -3.27. The quantitative estimate of drug-likeness (QED) is 0.716. The molecule has 1 heterocycles. The zero-order valence-electron chi connectivity index (χ0n) is 7.75. The lowest BCUT2D eigenvalue weighted by Crippen LogP contribution is -2.16. The van der Waals surface area contributed by atoms with Gasteiger partial charge in [0.15, 0.2) is 0 Å². The maximum atomic E-state index is 12.0. The number of halogens is 4. The van der Waals surface area contributed by atoms with Gasteiger partial charge in [-0.1, -0.05) is 11.6 Å². The van der Waals surface area contributed by atoms with Crippen LogP contribution in [0.1, 0.15) is 0 Å². The van der Waals surface area contributed by atoms with Gasteiger partial charge in [0.1, 0.15) is 10.9 Å². The number of pyridine rings is 1. The molecule has 0 saturated heterocycles. The molecule has 6 heteroatoms. The third-order valence-corrected chi connectivity index (χ3v) is 2.22. The Morgan fingerprint density at radius 1 is 1.19 bits per heavy atom. The van der Waals surface area contributed by atoms with Crippen LogP contribution in [0.4, 0.5) is 13.2 Å². The first-order chi connectivity index (χ1) is 7.46. The molecule has 0 atom stereocenters. The van der Waals surface area contributed by atoms with Crippen molar-refractivity contribution in [2.24, 2.45) is 0 Å². The fourth-order valence-electron chi connectivity index (χ4n) is 1.32. The predicted molar refractivity (Wildman–Crippen MR) is 53.4 cm³/mol. The van der Waals surface area contributed by atoms with Crippen molar-refractivity contribution in [3.63, 3.8) is 0 Å². The van der Waals surface area contributed by atoms with Crippen molar-refractivity contribution in [1.82, 2.24) is 4.98 Å². The number of ether oxygens (including phenoxy) is 1. The normalized spacial score (nSPS) is 11.8. The average molecular weight is 248 g/mol. The van der Waals surface area contributed by atoms with E-state index >= 15 is 0 Å². The molecule has 0 saturated carbocycles. The van der Waals surface area contributed by atoms with E-state index in [1.807, 2.05) is 0 Å². The molecular formula is C10H5ClF3NO. The van der Waals surface area contributed by atoms with Crippen molar-refractivity contribution in [3.05, 3.63) is 35.6 Å². The fourth-order valence-corrected chi connectivity index (χ4v) is 1.54. The van der Waals surface area contributed by atoms with Gasteiger partial charge in [0.25, 0.3) is 0 Å². The van der Waals surface area contributed by atoms with Crippen LogP contribution < -0.4 is 4.74 Å². The highest BCUT2D eigenvalue weighted by Crippen LogP contribution is 2.28. The Balaban J connectivity index is 2.45. The van der Waals surface area contributed by atoms with Crippen molar-refractivity contribution in [2.45, 2.75) is 6.36 Å². The molecule has 0 bridgehead atoms. The standard InChI is InChI=1S/C10H5ClF3NO/c11-9-8-2-1-7(16-10(12,13)14)5-6(8)3-4-15-9/h1-5H. The zero-order valence-corrected chi connectivity index (χ0v) is 8.51. The van der Waals surface area contributed by atoms with E-state index in [2.05, 4.69) is 9.72 Å². The number of benzene rings is 1. The first-order valence-electron chi connectivity index (χ1n) is 4.26. The summed E-state index contributed by atoms with van der Waals surface area (Å²) in [5, 5.41) is 1.37. The molecule has 0 unspecified atom stereocenters. The van der Waals surface area contributed by atoms with Gasteiger partial charge in [-0.05, 0) is 29.7 Å². The van der Waals surface area contributed by atoms with Crippen molar-refractivity contribution in [1.29, 1.82) is 0 Å². The number of nitrogens with zero attached hydrogens (tertiary/aromatic N) is 1. The lowest BCUT2D eigenvalue weighted by atomic mass is 10.2. The third kappa shape index (κ3) is 2.36. The molecule has 16 heavy (non-hydrogen) atoms. The van der Waals surface area contributed by atoms with E-state index in [0.29, 0.717) is 10.8 Å². The minimum absolute atomic E-state index is 0.246. The smallest absolute Gasteiger partial charge is 0.406 e. The monoisotopic (exact) mass is 247 g/mol. The highest BCUT2D eigenvalue weighted by molar-refractivity contribution is 6.34. The lowest BCUT2D eigenvalue weighted by Gasteiger charge is -2.09. The molecule has 1 aromatic carbocycles. The molecule has 0 N–H and O–H groups in total. The van der Waals surface area contributed by atoms with Crippen LogP contribution in [0.5, 0.6) is 5.75 Å². The van der Waals surface area contributed by atoms with E-state index < -0.39 is 6.36 Å². The SMILES string of the molecule is FC(F)(F)Oc1ccc2c(Cl)nccc2c1. The minimum atomic E-state index is -4.69. The summed E-state index contributed by atoms with van der Waals surface area (Å²) in [7, 11) is 0. The molecule has 0 aliphatic heterocycles. The molecule has 2 rings (SSSR count). The van der Waals surface area contributed by atoms with Gasteiger partial charge >= 0.3 is 6.36 Å². The summed E-state index contributed by atoms with van der Waals surface area (Å²) in [5.74, 6) is -0.276. The van der Waals surface area contributed by atoms with E-state index in [-0.39, 0.29) is 10.9 Å². The molecule has 0 aliphatic carbocycles. The molecule has 0 aliphatic rings. The Morgan fingerprint density at radius 3 is 2.62 bits per heavy atom. The Morgan fingerprint density at radius 2 is 1.94 bits per heavy atom. The number of aromatic nitrogens is 1. The van der Waals surface area contributed by atoms with Gasteiger partial charge < -0.3 is 4.74 Å². The van der Waals surface area contributed by atoms with E-state index in [4.69, 9.17) is 11.6 Å². The van der Waals surface area contributed by atoms with Crippen LogP contribution in [0.15, 0.2) is 30.5 Å². The van der Waals surface area contributed by atoms with Crippen molar-refractivity contribution in [2.75, 3.05) is 0 Å². The lowest BCUT2D eigenvalue weighted by molar-refractivity contribution is -0.274. The van der Waals surface area contributed by atoms with Crippen molar-refractivity contribution >= 4 is 22.4 Å². The first-order valence-corrected chi connectivity index (χ1v) is 4.63. The Labute approximate surface area is 93.6 Å². The van der Waals surface area contributed by atoms with Crippen LogP contribution in [-0.4, -0.2) is 11.3 Å². The molecule has 1 aromatic heterocycles. The molecule has 84 valence electrons. The van der Waals surface area contributed by atoms with Gasteiger partial charge in [-0.15, -0.1) is 13.2 Å². The molecule has 2 nitrogen and oxygen atoms in total. The Bertz CT molecular complexity index is 527. The molecule has 0 radical (unpaired) electrons. The molecule has 0 fully saturated rings. The summed E-state index contributed by atoms with van der Waals surface area (Å²) >= 11 is 5.77. The van der Waals surface area contributed by atoms with Crippen molar-refractivity contribution < 1.29 is 17.9 Å². The molecule has 2 aromatic rings. The van der Waals surface area contributed by atoms with E-state index in [1.54, 1.807) is 6.07 Å². The third-order valence-electron chi connectivity index (χ3n) is 1.92. The van der Waals surface area contributed by atoms with Gasteiger partial charge in [-0.2, -0.15) is 0 Å². The fraction of sp³-hybridized carbons (Fsp3) is 0.100. The van der Waals surface area contributed by atoms with Crippen LogP contribution in [0.3, 0.4) is 0 Å². The summed E-state index contributed by atoms with van der Waals surface area (Å²) in [6.45, 7) is 0. The Kier molecular flexibility index (Phi) is 2.63. The number of hydrogen-bond acceptors (Lipinski definition) is 2. The van der Waals surface area contributed by atoms with E-state index in [1.165, 1.54) is 24.4 Å². The maximum absolute atomic E-state index is 12.0. The second-order valence-corrected chi connectivity index (χ2v) is 3.39. The average Bonchev–Trinajstić information content (AvgIpc) is 2.15. The van der Waals surface area contributed by atoms with Crippen LogP contribution in [0.25, 0.3) is 10.8 Å². The van der Waals surface area contributed by atoms with Gasteiger partial charge in [0, 0.05) is 11.6 Å². The van der Waals surface area contributed by atoms with E-state index in [9.17, 15) is 13.2 Å². The zero-order chi connectivity index (χ0) is 11.8. The van der Waals surface area contributed by atoms with Crippen LogP contribution >= 0.6 is 11.6 Å². The number of hydrogen-bond donors (Lipinski definition) is 0. The summed E-state index contributed by atoms with van der Waals surface area (Å²) in [6, 6.07) is 5.45. The topological polar surface area (TPSA) is 22.1 Å². The summed E-state index contributed by atoms with van der Waals surface area (Å²) < 4.78 is 39.7. The van der Waals surface area contributed by atoms with Crippen LogP contribution in [0, 0.1) is 0 Å². The van der Waals surface area contributed by atoms with Gasteiger partial charge in [0.2, 0.25) is 0 Å². The highest BCUT2D eigenvalue weighted by atomic mass is 35.5. The number of fused-ring (bicyclic) bond motifs is 1. The van der Waals surface area contributed by atoms with Crippen LogP contribution in [-0.2, 0) is 0 Å². The summed E-state index contributed by atoms with van der Waals surface area (Å²) in [5.41, 5.74) is 0. The van der Waals surface area contributed by atoms with Crippen molar-refractivity contribution in [3.8, 4) is 5.75 Å². The summed E-state index contributed by atoms with van der Waals surface area (Å²) in [4.78, 5) is 3.81. The number of alkyl halides is 3. The Hall–Kier alpha value is -1.49. The molecule has 0 amide bonds. The first kappa shape index (κ1) is 11.0. The second kappa shape index (κ2) is 3.83. The van der Waals surface area contributed by atoms with E-state index in [0.717, 1.165) is 0 Å². The largest absolute Gasteiger partial charge is 0.573 e. The molecule has 0 spiro atoms. The van der Waals surface area contributed by atoms with Crippen LogP contribution in [0.2, 0.25) is 5.15 Å². The predicted octanol–water partition coefficient (Wildman–Crippen LogP) is 3.79. The van der Waals surface area contributed by atoms with Gasteiger partial charge in [-0.3, -0.25) is 0 Å². The second-order valence-electron chi connectivity index (χ2n) is 3.03. The number of rotatable bonds is 1. The minimum Gasteiger partial charge on any atom is -0.406 e. The molecular weight excluding hydrogens is 243 g/mol. The maximum Gasteiger partial charge on any atom is 0.573 e. The highest BCUT2D eigenvalue weighted by Gasteiger charge is 2.31. The van der Waals surface area contributed by atoms with Gasteiger partial charge in [-0.25, -0.2) is 4.98 Å².